The Morgan fingerprint density at radius 3 is 2.93 bits per heavy atom. The summed E-state index contributed by atoms with van der Waals surface area (Å²) in [4.78, 5) is 23.2. The van der Waals surface area contributed by atoms with Gasteiger partial charge in [-0.25, -0.2) is 18.4 Å². The van der Waals surface area contributed by atoms with E-state index >= 15 is 0 Å². The van der Waals surface area contributed by atoms with Crippen LogP contribution in [-0.4, -0.2) is 47.7 Å². The number of carbonyl (C=O) groups is 1. The second kappa shape index (κ2) is 7.21. The summed E-state index contributed by atoms with van der Waals surface area (Å²) in [7, 11) is -3.07. The number of fused-ring (bicyclic) bond motifs is 3. The molecule has 0 amide bonds. The number of esters is 1. The lowest BCUT2D eigenvalue weighted by Crippen LogP contribution is -2.20. The first-order valence-corrected chi connectivity index (χ1v) is 12.5. The van der Waals surface area contributed by atoms with Crippen molar-refractivity contribution in [2.45, 2.75) is 43.9 Å². The molecule has 7 nitrogen and oxygen atoms in total. The van der Waals surface area contributed by atoms with E-state index in [2.05, 4.69) is 16.9 Å². The van der Waals surface area contributed by atoms with Crippen molar-refractivity contribution in [3.05, 3.63) is 10.4 Å². The van der Waals surface area contributed by atoms with Gasteiger partial charge in [-0.15, -0.1) is 11.3 Å². The summed E-state index contributed by atoms with van der Waals surface area (Å²) in [5.74, 6) is 0.703. The second-order valence-electron chi connectivity index (χ2n) is 7.23. The number of aromatic nitrogens is 2. The number of nitrogens with two attached hydrogens (primary N) is 1. The highest BCUT2D eigenvalue weighted by Crippen LogP contribution is 2.39. The number of hydrogen-bond donors (Lipinski definition) is 1. The van der Waals surface area contributed by atoms with E-state index < -0.39 is 21.9 Å². The van der Waals surface area contributed by atoms with Crippen LogP contribution in [0.3, 0.4) is 0 Å². The molecule has 0 unspecified atom stereocenters. The molecule has 0 saturated carbocycles. The highest BCUT2D eigenvalue weighted by Gasteiger charge is 2.30. The topological polar surface area (TPSA) is 112 Å². The van der Waals surface area contributed by atoms with Crippen LogP contribution in [0, 0.1) is 5.92 Å². The fraction of sp³-hybridized carbons (Fsp3) is 0.588. The lowest BCUT2D eigenvalue weighted by atomic mass is 9.89. The van der Waals surface area contributed by atoms with Gasteiger partial charge in [-0.3, -0.25) is 4.79 Å². The second-order valence-corrected chi connectivity index (χ2v) is 11.5. The quantitative estimate of drug-likeness (QED) is 0.449. The van der Waals surface area contributed by atoms with Gasteiger partial charge in [0.25, 0.3) is 0 Å². The fourth-order valence-corrected chi connectivity index (χ4v) is 7.28. The first-order valence-electron chi connectivity index (χ1n) is 8.91. The summed E-state index contributed by atoms with van der Waals surface area (Å²) < 4.78 is 28.1. The van der Waals surface area contributed by atoms with Gasteiger partial charge in [0.2, 0.25) is 0 Å². The van der Waals surface area contributed by atoms with Gasteiger partial charge in [0.05, 0.1) is 22.6 Å². The molecule has 0 aromatic carbocycles. The van der Waals surface area contributed by atoms with Gasteiger partial charge in [0.15, 0.2) is 15.0 Å². The van der Waals surface area contributed by atoms with Crippen LogP contribution in [0.15, 0.2) is 5.16 Å². The van der Waals surface area contributed by atoms with E-state index in [4.69, 9.17) is 10.5 Å². The lowest BCUT2D eigenvalue weighted by molar-refractivity contribution is -0.144. The van der Waals surface area contributed by atoms with Crippen molar-refractivity contribution in [1.29, 1.82) is 0 Å². The smallest absolute Gasteiger partial charge is 0.316 e. The number of ether oxygens (including phenoxy) is 1. The third-order valence-corrected chi connectivity index (χ3v) is 8.68. The van der Waals surface area contributed by atoms with Crippen LogP contribution in [0.25, 0.3) is 10.2 Å². The average Bonchev–Trinajstić information content (AvgIpc) is 3.11. The predicted molar refractivity (Wildman–Crippen MR) is 107 cm³/mol. The molecule has 0 radical (unpaired) electrons. The van der Waals surface area contributed by atoms with Crippen molar-refractivity contribution >= 4 is 54.9 Å². The number of sulfone groups is 1. The molecule has 27 heavy (non-hydrogen) atoms. The van der Waals surface area contributed by atoms with Crippen molar-refractivity contribution in [3.63, 3.8) is 0 Å². The molecule has 10 heteroatoms. The number of nitrogens with zero attached hydrogens (tertiary/aromatic N) is 2. The zero-order valence-corrected chi connectivity index (χ0v) is 17.4. The molecule has 2 aromatic rings. The first-order chi connectivity index (χ1) is 12.8. The number of thioether (sulfide) groups is 1. The monoisotopic (exact) mass is 427 g/mol. The number of rotatable bonds is 4. The van der Waals surface area contributed by atoms with Crippen LogP contribution in [0.1, 0.15) is 30.2 Å². The maximum Gasteiger partial charge on any atom is 0.316 e. The molecule has 2 aliphatic rings. The highest BCUT2D eigenvalue weighted by molar-refractivity contribution is 7.99. The number of hydrogen-bond acceptors (Lipinski definition) is 9. The van der Waals surface area contributed by atoms with Crippen molar-refractivity contribution in [2.75, 3.05) is 23.0 Å². The largest absolute Gasteiger partial charge is 0.461 e. The summed E-state index contributed by atoms with van der Waals surface area (Å²) in [5.41, 5.74) is 7.47. The SMILES string of the molecule is C[C@@H]1CCc2c(sc3nc(SCC(=O)O[C@@H]4CCS(=O)(=O)C4)nc(N)c23)C1. The van der Waals surface area contributed by atoms with E-state index in [9.17, 15) is 13.2 Å². The Bertz CT molecular complexity index is 1000. The maximum absolute atomic E-state index is 12.0. The van der Waals surface area contributed by atoms with E-state index in [0.717, 1.165) is 29.5 Å². The number of anilines is 1. The molecule has 4 rings (SSSR count). The fourth-order valence-electron chi connectivity index (χ4n) is 3.61. The van der Waals surface area contributed by atoms with Gasteiger partial charge in [-0.05, 0) is 37.2 Å². The molecule has 0 spiro atoms. The van der Waals surface area contributed by atoms with Crippen molar-refractivity contribution in [3.8, 4) is 0 Å². The van der Waals surface area contributed by atoms with Crippen molar-refractivity contribution in [1.82, 2.24) is 9.97 Å². The normalized spacial score (nSPS) is 24.0. The van der Waals surface area contributed by atoms with Crippen molar-refractivity contribution < 1.29 is 17.9 Å². The standard InChI is InChI=1S/C17H21N3O4S3/c1-9-2-3-11-12(6-9)26-16-14(11)15(18)19-17(20-16)25-7-13(21)24-10-4-5-27(22,23)8-10/h9-10H,2-8H2,1H3,(H2,18,19,20)/t9-,10-/m1/s1. The Balaban J connectivity index is 1.44. The molecule has 1 aliphatic carbocycles. The number of thiophene rings is 1. The van der Waals surface area contributed by atoms with Crippen LogP contribution < -0.4 is 5.73 Å². The first kappa shape index (κ1) is 18.9. The van der Waals surface area contributed by atoms with E-state index in [1.54, 1.807) is 11.3 Å². The van der Waals surface area contributed by atoms with Crippen LogP contribution in [-0.2, 0) is 32.2 Å². The number of nitrogen functional groups attached to an aromatic ring is 1. The van der Waals surface area contributed by atoms with Crippen LogP contribution >= 0.6 is 23.1 Å². The Hall–Kier alpha value is -1.39. The van der Waals surface area contributed by atoms with Gasteiger partial charge in [-0.1, -0.05) is 18.7 Å². The minimum Gasteiger partial charge on any atom is -0.461 e. The van der Waals surface area contributed by atoms with Gasteiger partial charge in [-0.2, -0.15) is 0 Å². The highest BCUT2D eigenvalue weighted by atomic mass is 32.2. The predicted octanol–water partition coefficient (Wildman–Crippen LogP) is 2.22. The Morgan fingerprint density at radius 2 is 2.19 bits per heavy atom. The molecule has 146 valence electrons. The maximum atomic E-state index is 12.0. The van der Waals surface area contributed by atoms with E-state index in [1.165, 1.54) is 22.2 Å². The molecule has 0 bridgehead atoms. The molecule has 1 aliphatic heterocycles. The molecule has 2 N–H and O–H groups in total. The summed E-state index contributed by atoms with van der Waals surface area (Å²) >= 11 is 2.83. The summed E-state index contributed by atoms with van der Waals surface area (Å²) in [6.45, 7) is 2.25. The molecular formula is C17H21N3O4S3. The van der Waals surface area contributed by atoms with E-state index in [1.807, 2.05) is 0 Å². The minimum atomic E-state index is -3.07. The zero-order valence-electron chi connectivity index (χ0n) is 14.9. The van der Waals surface area contributed by atoms with Gasteiger partial charge >= 0.3 is 5.97 Å². The van der Waals surface area contributed by atoms with Gasteiger partial charge in [0.1, 0.15) is 16.8 Å². The Kier molecular flexibility index (Phi) is 5.06. The molecule has 3 heterocycles. The summed E-state index contributed by atoms with van der Waals surface area (Å²) in [5, 5.41) is 1.41. The van der Waals surface area contributed by atoms with Gasteiger partial charge in [0, 0.05) is 4.88 Å². The number of aryl methyl sites for hydroxylation is 1. The Labute approximate surface area is 166 Å². The van der Waals surface area contributed by atoms with Crippen molar-refractivity contribution in [2.24, 2.45) is 5.92 Å². The van der Waals surface area contributed by atoms with Crippen LogP contribution in [0.5, 0.6) is 0 Å². The van der Waals surface area contributed by atoms with Crippen LogP contribution in [0.2, 0.25) is 0 Å². The molecule has 2 atom stereocenters. The van der Waals surface area contributed by atoms with E-state index in [0.29, 0.717) is 23.3 Å². The van der Waals surface area contributed by atoms with E-state index in [-0.39, 0.29) is 17.3 Å². The molecule has 2 aromatic heterocycles. The molecule has 1 saturated heterocycles. The lowest BCUT2D eigenvalue weighted by Gasteiger charge is -2.17. The summed E-state index contributed by atoms with van der Waals surface area (Å²) in [6, 6.07) is 0. The minimum absolute atomic E-state index is 0.0314. The summed E-state index contributed by atoms with van der Waals surface area (Å²) in [6.07, 6.45) is 3.04. The average molecular weight is 428 g/mol. The van der Waals surface area contributed by atoms with Gasteiger partial charge < -0.3 is 10.5 Å². The Morgan fingerprint density at radius 1 is 1.37 bits per heavy atom. The third kappa shape index (κ3) is 4.07. The zero-order chi connectivity index (χ0) is 19.2. The number of carbonyl (C=O) groups excluding carboxylic acids is 1. The van der Waals surface area contributed by atoms with Crippen LogP contribution in [0.4, 0.5) is 5.82 Å². The molecular weight excluding hydrogens is 406 g/mol. The third-order valence-electron chi connectivity index (χ3n) is 4.97. The molecule has 1 fully saturated rings.